The minimum atomic E-state index is -4.63. The maximum atomic E-state index is 13.1. The summed E-state index contributed by atoms with van der Waals surface area (Å²) in [6.45, 7) is 4.54. The van der Waals surface area contributed by atoms with E-state index in [2.05, 4.69) is 4.74 Å². The van der Waals surface area contributed by atoms with Crippen LogP contribution >= 0.6 is 0 Å². The molecule has 1 rings (SSSR count). The van der Waals surface area contributed by atoms with Crippen LogP contribution in [0.2, 0.25) is 0 Å². The van der Waals surface area contributed by atoms with Gasteiger partial charge in [-0.15, -0.1) is 0 Å². The van der Waals surface area contributed by atoms with Crippen LogP contribution in [0.4, 0.5) is 13.2 Å². The summed E-state index contributed by atoms with van der Waals surface area (Å²) in [6.07, 6.45) is -5.42. The first-order valence-electron chi connectivity index (χ1n) is 8.94. The van der Waals surface area contributed by atoms with E-state index in [0.717, 1.165) is 0 Å². The van der Waals surface area contributed by atoms with Gasteiger partial charge >= 0.3 is 18.1 Å². The van der Waals surface area contributed by atoms with E-state index in [-0.39, 0.29) is 30.6 Å². The molecule has 0 aromatic heterocycles. The molecule has 152 valence electrons. The van der Waals surface area contributed by atoms with Crippen molar-refractivity contribution in [1.82, 2.24) is 0 Å². The zero-order chi connectivity index (χ0) is 20.3. The Bertz CT molecular complexity index is 584. The van der Waals surface area contributed by atoms with Gasteiger partial charge in [0, 0.05) is 19.6 Å². The molecule has 0 aliphatic carbocycles. The van der Waals surface area contributed by atoms with Gasteiger partial charge in [-0.1, -0.05) is 13.3 Å². The molecule has 0 amide bonds. The summed E-state index contributed by atoms with van der Waals surface area (Å²) < 4.78 is 54.1. The van der Waals surface area contributed by atoms with Crippen molar-refractivity contribution in [1.29, 1.82) is 0 Å². The Balaban J connectivity index is 2.59. The number of carbonyl (C=O) groups excluding carboxylic acids is 2. The van der Waals surface area contributed by atoms with Gasteiger partial charge in [0.25, 0.3) is 0 Å². The Morgan fingerprint density at radius 3 is 2.26 bits per heavy atom. The summed E-state index contributed by atoms with van der Waals surface area (Å²) in [5.41, 5.74) is -0.0445. The van der Waals surface area contributed by atoms with Crippen LogP contribution < -0.4 is 4.74 Å². The number of halogens is 3. The highest BCUT2D eigenvalue weighted by molar-refractivity contribution is 5.89. The minimum absolute atomic E-state index is 0.0445. The Morgan fingerprint density at radius 1 is 1.04 bits per heavy atom. The standard InChI is InChI=1S/C19H25F3O5/c1-3-17(23)26-15-11-9-14(10-12-15)18(24)27-16(19(20,21)22)8-6-5-7-13-25-4-2/h9-12,16H,3-8,13H2,1-2H3. The van der Waals surface area contributed by atoms with Crippen molar-refractivity contribution in [2.75, 3.05) is 13.2 Å². The zero-order valence-electron chi connectivity index (χ0n) is 15.5. The first-order valence-corrected chi connectivity index (χ1v) is 8.94. The maximum Gasteiger partial charge on any atom is 0.425 e. The first kappa shape index (κ1) is 23.0. The van der Waals surface area contributed by atoms with Gasteiger partial charge in [-0.05, 0) is 50.5 Å². The fourth-order valence-corrected chi connectivity index (χ4v) is 2.20. The highest BCUT2D eigenvalue weighted by atomic mass is 19.4. The molecule has 1 atom stereocenters. The Morgan fingerprint density at radius 2 is 1.70 bits per heavy atom. The number of carbonyl (C=O) groups is 2. The average molecular weight is 390 g/mol. The van der Waals surface area contributed by atoms with Crippen molar-refractivity contribution in [3.63, 3.8) is 0 Å². The second kappa shape index (κ2) is 11.6. The van der Waals surface area contributed by atoms with Gasteiger partial charge in [0.1, 0.15) is 5.75 Å². The molecule has 8 heteroatoms. The van der Waals surface area contributed by atoms with Gasteiger partial charge < -0.3 is 14.2 Å². The molecule has 0 saturated carbocycles. The smallest absolute Gasteiger partial charge is 0.425 e. The van der Waals surface area contributed by atoms with E-state index >= 15 is 0 Å². The molecule has 0 N–H and O–H groups in total. The number of unbranched alkanes of at least 4 members (excludes halogenated alkanes) is 2. The highest BCUT2D eigenvalue weighted by Crippen LogP contribution is 2.28. The van der Waals surface area contributed by atoms with Crippen LogP contribution in [-0.2, 0) is 14.3 Å². The lowest BCUT2D eigenvalue weighted by Crippen LogP contribution is -2.33. The summed E-state index contributed by atoms with van der Waals surface area (Å²) in [4.78, 5) is 23.2. The van der Waals surface area contributed by atoms with E-state index < -0.39 is 24.2 Å². The molecule has 0 radical (unpaired) electrons. The third-order valence-corrected chi connectivity index (χ3v) is 3.68. The van der Waals surface area contributed by atoms with E-state index in [0.29, 0.717) is 26.1 Å². The molecular weight excluding hydrogens is 365 g/mol. The van der Waals surface area contributed by atoms with Crippen molar-refractivity contribution in [3.8, 4) is 5.75 Å². The summed E-state index contributed by atoms with van der Waals surface area (Å²) in [6, 6.07) is 5.19. The first-order chi connectivity index (χ1) is 12.8. The second-order valence-corrected chi connectivity index (χ2v) is 5.83. The number of ether oxygens (including phenoxy) is 3. The lowest BCUT2D eigenvalue weighted by Gasteiger charge is -2.20. The Hall–Kier alpha value is -2.09. The number of hydrogen-bond donors (Lipinski definition) is 0. The van der Waals surface area contributed by atoms with Crippen molar-refractivity contribution >= 4 is 11.9 Å². The molecule has 1 aromatic rings. The third-order valence-electron chi connectivity index (χ3n) is 3.68. The SMILES string of the molecule is CCOCCCCCC(OC(=O)c1ccc(OC(=O)CC)cc1)C(F)(F)F. The predicted octanol–water partition coefficient (Wildman–Crippen LogP) is 4.69. The number of rotatable bonds is 11. The quantitative estimate of drug-likeness (QED) is 0.312. The second-order valence-electron chi connectivity index (χ2n) is 5.83. The van der Waals surface area contributed by atoms with E-state index in [4.69, 9.17) is 9.47 Å². The van der Waals surface area contributed by atoms with Gasteiger partial charge in [0.15, 0.2) is 6.10 Å². The van der Waals surface area contributed by atoms with Gasteiger partial charge in [0.05, 0.1) is 5.56 Å². The van der Waals surface area contributed by atoms with Crippen LogP contribution in [0.1, 0.15) is 56.3 Å². The number of alkyl halides is 3. The van der Waals surface area contributed by atoms with Gasteiger partial charge in [-0.3, -0.25) is 4.79 Å². The largest absolute Gasteiger partial charge is 0.449 e. The summed E-state index contributed by atoms with van der Waals surface area (Å²) in [5.74, 6) is -1.31. The van der Waals surface area contributed by atoms with E-state index in [9.17, 15) is 22.8 Å². The average Bonchev–Trinajstić information content (AvgIpc) is 2.63. The van der Waals surface area contributed by atoms with Gasteiger partial charge in [-0.25, -0.2) is 4.79 Å². The number of esters is 2. The van der Waals surface area contributed by atoms with Crippen LogP contribution in [0.5, 0.6) is 5.75 Å². The van der Waals surface area contributed by atoms with Crippen molar-refractivity contribution in [2.45, 2.75) is 58.2 Å². The molecule has 0 heterocycles. The molecule has 0 aliphatic rings. The fourth-order valence-electron chi connectivity index (χ4n) is 2.20. The van der Waals surface area contributed by atoms with Crippen LogP contribution in [0.3, 0.4) is 0 Å². The molecule has 1 unspecified atom stereocenters. The third kappa shape index (κ3) is 8.90. The van der Waals surface area contributed by atoms with Crippen LogP contribution in [0, 0.1) is 0 Å². The molecule has 0 spiro atoms. The van der Waals surface area contributed by atoms with Gasteiger partial charge in [0.2, 0.25) is 0 Å². The normalized spacial score (nSPS) is 12.5. The molecule has 0 bridgehead atoms. The Labute approximate surface area is 156 Å². The topological polar surface area (TPSA) is 61.8 Å². The van der Waals surface area contributed by atoms with Crippen LogP contribution in [0.25, 0.3) is 0 Å². The van der Waals surface area contributed by atoms with E-state index in [1.165, 1.54) is 24.3 Å². The summed E-state index contributed by atoms with van der Waals surface area (Å²) in [7, 11) is 0. The molecule has 1 aromatic carbocycles. The molecule has 0 fully saturated rings. The minimum Gasteiger partial charge on any atom is -0.449 e. The number of benzene rings is 1. The monoisotopic (exact) mass is 390 g/mol. The van der Waals surface area contributed by atoms with Crippen LogP contribution in [0.15, 0.2) is 24.3 Å². The van der Waals surface area contributed by atoms with Crippen molar-refractivity contribution in [3.05, 3.63) is 29.8 Å². The fraction of sp³-hybridized carbons (Fsp3) is 0.579. The lowest BCUT2D eigenvalue weighted by molar-refractivity contribution is -0.206. The zero-order valence-corrected chi connectivity index (χ0v) is 15.5. The van der Waals surface area contributed by atoms with Crippen LogP contribution in [-0.4, -0.2) is 37.4 Å². The van der Waals surface area contributed by atoms with Crippen molar-refractivity contribution in [2.24, 2.45) is 0 Å². The lowest BCUT2D eigenvalue weighted by atomic mass is 10.1. The molecule has 0 saturated heterocycles. The molecular formula is C19H25F3O5. The summed E-state index contributed by atoms with van der Waals surface area (Å²) >= 11 is 0. The molecule has 0 aliphatic heterocycles. The maximum absolute atomic E-state index is 13.1. The molecule has 27 heavy (non-hydrogen) atoms. The Kier molecular flexibility index (Phi) is 9.85. The van der Waals surface area contributed by atoms with E-state index in [1.807, 2.05) is 6.92 Å². The predicted molar refractivity (Wildman–Crippen MR) is 92.6 cm³/mol. The summed E-state index contributed by atoms with van der Waals surface area (Å²) in [5, 5.41) is 0. The van der Waals surface area contributed by atoms with Crippen molar-refractivity contribution < 1.29 is 37.0 Å². The highest BCUT2D eigenvalue weighted by Gasteiger charge is 2.42. The molecule has 5 nitrogen and oxygen atoms in total. The number of hydrogen-bond acceptors (Lipinski definition) is 5. The van der Waals surface area contributed by atoms with Gasteiger partial charge in [-0.2, -0.15) is 13.2 Å². The van der Waals surface area contributed by atoms with E-state index in [1.54, 1.807) is 6.92 Å².